The number of carbonyl (C=O) groups excluding carboxylic acids is 1. The molecule has 4 rings (SSSR count). The van der Waals surface area contributed by atoms with Crippen molar-refractivity contribution in [1.82, 2.24) is 4.90 Å². The summed E-state index contributed by atoms with van der Waals surface area (Å²) in [6, 6.07) is 28.3. The maximum absolute atomic E-state index is 12.9. The quantitative estimate of drug-likeness (QED) is 0.638. The molecule has 4 heteroatoms. The molecule has 0 atom stereocenters. The minimum absolute atomic E-state index is 0.0198. The second-order valence-electron chi connectivity index (χ2n) is 6.34. The van der Waals surface area contributed by atoms with Crippen LogP contribution in [0.15, 0.2) is 89.9 Å². The number of amides is 1. The van der Waals surface area contributed by atoms with Gasteiger partial charge in [-0.15, -0.1) is 0 Å². The van der Waals surface area contributed by atoms with Gasteiger partial charge in [0.25, 0.3) is 5.91 Å². The smallest absolute Gasteiger partial charge is 0.259 e. The molecule has 1 amide bonds. The monoisotopic (exact) mass is 372 g/mol. The summed E-state index contributed by atoms with van der Waals surface area (Å²) >= 11 is 1.62. The van der Waals surface area contributed by atoms with E-state index in [2.05, 4.69) is 29.3 Å². The van der Waals surface area contributed by atoms with Crippen LogP contribution in [0.3, 0.4) is 0 Å². The zero-order valence-electron chi connectivity index (χ0n) is 14.9. The van der Waals surface area contributed by atoms with Gasteiger partial charge in [-0.25, -0.2) is 0 Å². The molecular formula is C23H20N2OS. The van der Waals surface area contributed by atoms with Crippen LogP contribution >= 0.6 is 11.8 Å². The molecule has 0 fully saturated rings. The first-order chi connectivity index (χ1) is 13.3. The van der Waals surface area contributed by atoms with Crippen molar-refractivity contribution in [2.75, 3.05) is 13.1 Å². The number of aliphatic imine (C=N–C) groups is 1. The average Bonchev–Trinajstić information content (AvgIpc) is 3.22. The van der Waals surface area contributed by atoms with Crippen molar-refractivity contribution >= 4 is 22.8 Å². The highest BCUT2D eigenvalue weighted by molar-refractivity contribution is 8.13. The molecule has 3 aromatic rings. The first-order valence-electron chi connectivity index (χ1n) is 9.00. The SMILES string of the molecule is O=C(c1ccc(-c2ccccc2)cc1)N1CCN=C1SCc1ccccc1. The molecule has 0 aliphatic carbocycles. The van der Waals surface area contributed by atoms with Gasteiger partial charge in [0.2, 0.25) is 0 Å². The first kappa shape index (κ1) is 17.6. The van der Waals surface area contributed by atoms with E-state index < -0.39 is 0 Å². The number of amidine groups is 1. The Kier molecular flexibility index (Phi) is 5.35. The van der Waals surface area contributed by atoms with E-state index in [4.69, 9.17) is 0 Å². The largest absolute Gasteiger partial charge is 0.286 e. The Labute approximate surface area is 163 Å². The molecular weight excluding hydrogens is 352 g/mol. The summed E-state index contributed by atoms with van der Waals surface area (Å²) in [6.07, 6.45) is 0. The highest BCUT2D eigenvalue weighted by Crippen LogP contribution is 2.23. The lowest BCUT2D eigenvalue weighted by Gasteiger charge is -2.18. The maximum Gasteiger partial charge on any atom is 0.259 e. The molecule has 1 heterocycles. The van der Waals surface area contributed by atoms with Gasteiger partial charge in [0, 0.05) is 17.9 Å². The van der Waals surface area contributed by atoms with Crippen molar-refractivity contribution in [3.63, 3.8) is 0 Å². The molecule has 3 nitrogen and oxygen atoms in total. The lowest BCUT2D eigenvalue weighted by Crippen LogP contribution is -2.32. The van der Waals surface area contributed by atoms with Crippen LogP contribution in [0.25, 0.3) is 11.1 Å². The molecule has 27 heavy (non-hydrogen) atoms. The molecule has 3 aromatic carbocycles. The summed E-state index contributed by atoms with van der Waals surface area (Å²) in [6.45, 7) is 1.32. The Balaban J connectivity index is 1.44. The average molecular weight is 372 g/mol. The number of hydrogen-bond acceptors (Lipinski definition) is 3. The van der Waals surface area contributed by atoms with Crippen LogP contribution in [0.5, 0.6) is 0 Å². The summed E-state index contributed by atoms with van der Waals surface area (Å²) in [5.41, 5.74) is 4.19. The van der Waals surface area contributed by atoms with Crippen LogP contribution in [-0.4, -0.2) is 29.1 Å². The Bertz CT molecular complexity index is 937. The van der Waals surface area contributed by atoms with Gasteiger partial charge < -0.3 is 0 Å². The topological polar surface area (TPSA) is 32.7 Å². The molecule has 0 radical (unpaired) electrons. The van der Waals surface area contributed by atoms with Crippen molar-refractivity contribution in [1.29, 1.82) is 0 Å². The fourth-order valence-corrected chi connectivity index (χ4v) is 4.05. The molecule has 0 bridgehead atoms. The van der Waals surface area contributed by atoms with E-state index in [0.717, 1.165) is 22.0 Å². The molecule has 1 aliphatic heterocycles. The van der Waals surface area contributed by atoms with Gasteiger partial charge in [0.05, 0.1) is 6.54 Å². The van der Waals surface area contributed by atoms with Gasteiger partial charge in [0.1, 0.15) is 0 Å². The third-order valence-electron chi connectivity index (χ3n) is 4.50. The fraction of sp³-hybridized carbons (Fsp3) is 0.130. The zero-order valence-corrected chi connectivity index (χ0v) is 15.7. The fourth-order valence-electron chi connectivity index (χ4n) is 3.05. The van der Waals surface area contributed by atoms with E-state index in [1.54, 1.807) is 16.7 Å². The third kappa shape index (κ3) is 4.12. The van der Waals surface area contributed by atoms with Crippen molar-refractivity contribution < 1.29 is 4.79 Å². The number of rotatable bonds is 4. The Hall–Kier alpha value is -2.85. The molecule has 134 valence electrons. The highest BCUT2D eigenvalue weighted by Gasteiger charge is 2.25. The van der Waals surface area contributed by atoms with Crippen molar-refractivity contribution in [2.45, 2.75) is 5.75 Å². The molecule has 0 spiro atoms. The van der Waals surface area contributed by atoms with Gasteiger partial charge in [-0.3, -0.25) is 14.7 Å². The minimum atomic E-state index is 0.0198. The molecule has 0 aromatic heterocycles. The predicted molar refractivity (Wildman–Crippen MR) is 113 cm³/mol. The maximum atomic E-state index is 12.9. The van der Waals surface area contributed by atoms with E-state index in [1.165, 1.54) is 5.56 Å². The summed E-state index contributed by atoms with van der Waals surface area (Å²) in [5.74, 6) is 0.836. The van der Waals surface area contributed by atoms with Gasteiger partial charge >= 0.3 is 0 Å². The molecule has 0 N–H and O–H groups in total. The van der Waals surface area contributed by atoms with E-state index in [-0.39, 0.29) is 5.91 Å². The molecule has 0 unspecified atom stereocenters. The second-order valence-corrected chi connectivity index (χ2v) is 7.28. The third-order valence-corrected chi connectivity index (χ3v) is 5.58. The molecule has 1 aliphatic rings. The lowest BCUT2D eigenvalue weighted by atomic mass is 10.0. The molecule has 0 saturated carbocycles. The number of carbonyl (C=O) groups is 1. The Morgan fingerprint density at radius 3 is 2.19 bits per heavy atom. The second kappa shape index (κ2) is 8.23. The number of thioether (sulfide) groups is 1. The van der Waals surface area contributed by atoms with Gasteiger partial charge in [-0.2, -0.15) is 0 Å². The number of hydrogen-bond donors (Lipinski definition) is 0. The lowest BCUT2D eigenvalue weighted by molar-refractivity contribution is 0.0860. The van der Waals surface area contributed by atoms with Crippen molar-refractivity contribution in [2.24, 2.45) is 4.99 Å². The van der Waals surface area contributed by atoms with Crippen molar-refractivity contribution in [3.05, 3.63) is 96.1 Å². The summed E-state index contributed by atoms with van der Waals surface area (Å²) < 4.78 is 0. The van der Waals surface area contributed by atoms with Crippen LogP contribution in [0, 0.1) is 0 Å². The summed E-state index contributed by atoms with van der Waals surface area (Å²) in [5, 5.41) is 0.816. The Morgan fingerprint density at radius 1 is 0.852 bits per heavy atom. The van der Waals surface area contributed by atoms with Crippen LogP contribution < -0.4 is 0 Å². The highest BCUT2D eigenvalue weighted by atomic mass is 32.2. The zero-order chi connectivity index (χ0) is 18.5. The normalized spacial score (nSPS) is 13.5. The van der Waals surface area contributed by atoms with Crippen molar-refractivity contribution in [3.8, 4) is 11.1 Å². The van der Waals surface area contributed by atoms with Crippen LogP contribution in [-0.2, 0) is 5.75 Å². The first-order valence-corrected chi connectivity index (χ1v) is 9.98. The van der Waals surface area contributed by atoms with E-state index in [0.29, 0.717) is 18.7 Å². The number of nitrogens with zero attached hydrogens (tertiary/aromatic N) is 2. The van der Waals surface area contributed by atoms with Gasteiger partial charge in [-0.05, 0) is 28.8 Å². The standard InChI is InChI=1S/C23H20N2OS/c26-22(21-13-11-20(12-14-21)19-9-5-2-6-10-19)25-16-15-24-23(25)27-17-18-7-3-1-4-8-18/h1-14H,15-17H2. The minimum Gasteiger partial charge on any atom is -0.286 e. The Morgan fingerprint density at radius 2 is 1.48 bits per heavy atom. The predicted octanol–water partition coefficient (Wildman–Crippen LogP) is 5.10. The van der Waals surface area contributed by atoms with Crippen LogP contribution in [0.2, 0.25) is 0 Å². The van der Waals surface area contributed by atoms with Gasteiger partial charge in [0.15, 0.2) is 5.17 Å². The van der Waals surface area contributed by atoms with Gasteiger partial charge in [-0.1, -0.05) is 84.6 Å². The van der Waals surface area contributed by atoms with E-state index in [9.17, 15) is 4.79 Å². The van der Waals surface area contributed by atoms with E-state index >= 15 is 0 Å². The summed E-state index contributed by atoms with van der Waals surface area (Å²) in [4.78, 5) is 19.3. The summed E-state index contributed by atoms with van der Waals surface area (Å²) in [7, 11) is 0. The van der Waals surface area contributed by atoms with Crippen LogP contribution in [0.1, 0.15) is 15.9 Å². The van der Waals surface area contributed by atoms with Crippen LogP contribution in [0.4, 0.5) is 0 Å². The number of benzene rings is 3. The molecule has 0 saturated heterocycles. The van der Waals surface area contributed by atoms with E-state index in [1.807, 2.05) is 60.7 Å².